The maximum atomic E-state index is 4.33. The molecule has 86 valence electrons. The molecule has 0 saturated carbocycles. The first-order valence-electron chi connectivity index (χ1n) is 5.56. The summed E-state index contributed by atoms with van der Waals surface area (Å²) in [6, 6.07) is 10.0. The van der Waals surface area contributed by atoms with Crippen LogP contribution in [-0.2, 0) is 0 Å². The Hall–Kier alpha value is -2.62. The zero-order valence-electron chi connectivity index (χ0n) is 9.56. The molecule has 3 rings (SSSR count). The van der Waals surface area contributed by atoms with E-state index in [2.05, 4.69) is 19.9 Å². The van der Waals surface area contributed by atoms with Crippen LogP contribution in [0.3, 0.4) is 0 Å². The number of hydrogen-bond acceptors (Lipinski definition) is 4. The van der Waals surface area contributed by atoms with Gasteiger partial charge in [0, 0.05) is 30.4 Å². The number of nitrogens with zero attached hydrogens (tertiary/aromatic N) is 4. The molecule has 0 unspecified atom stereocenters. The van der Waals surface area contributed by atoms with Crippen molar-refractivity contribution in [2.45, 2.75) is 0 Å². The third-order valence-electron chi connectivity index (χ3n) is 2.58. The third kappa shape index (κ3) is 2.08. The van der Waals surface area contributed by atoms with Crippen LogP contribution in [0.2, 0.25) is 0 Å². The largest absolute Gasteiger partial charge is 0.244 e. The SMILES string of the molecule is c1ccc(-c2cnc(-c3cncnc3)nc2)cc1. The summed E-state index contributed by atoms with van der Waals surface area (Å²) in [5.41, 5.74) is 2.92. The Labute approximate surface area is 104 Å². The molecule has 0 bridgehead atoms. The molecule has 18 heavy (non-hydrogen) atoms. The Balaban J connectivity index is 1.95. The van der Waals surface area contributed by atoms with E-state index in [1.165, 1.54) is 6.33 Å². The summed E-state index contributed by atoms with van der Waals surface area (Å²) in [4.78, 5) is 16.6. The van der Waals surface area contributed by atoms with Crippen molar-refractivity contribution in [3.05, 3.63) is 61.4 Å². The minimum Gasteiger partial charge on any atom is -0.244 e. The highest BCUT2D eigenvalue weighted by molar-refractivity contribution is 5.62. The average Bonchev–Trinajstić information content (AvgIpc) is 2.49. The van der Waals surface area contributed by atoms with Gasteiger partial charge in [-0.3, -0.25) is 0 Å². The van der Waals surface area contributed by atoms with Crippen molar-refractivity contribution in [3.8, 4) is 22.5 Å². The maximum Gasteiger partial charge on any atom is 0.162 e. The fraction of sp³-hybridized carbons (Fsp3) is 0. The van der Waals surface area contributed by atoms with Crippen molar-refractivity contribution in [1.29, 1.82) is 0 Å². The van der Waals surface area contributed by atoms with Crippen LogP contribution >= 0.6 is 0 Å². The summed E-state index contributed by atoms with van der Waals surface area (Å²) in [6.45, 7) is 0. The first kappa shape index (κ1) is 10.5. The normalized spacial score (nSPS) is 10.2. The van der Waals surface area contributed by atoms with E-state index in [-0.39, 0.29) is 0 Å². The Morgan fingerprint density at radius 3 is 1.94 bits per heavy atom. The van der Waals surface area contributed by atoms with Crippen LogP contribution < -0.4 is 0 Å². The van der Waals surface area contributed by atoms with E-state index >= 15 is 0 Å². The van der Waals surface area contributed by atoms with Gasteiger partial charge in [-0.1, -0.05) is 30.3 Å². The van der Waals surface area contributed by atoms with Gasteiger partial charge in [0.1, 0.15) is 6.33 Å². The molecule has 0 saturated heterocycles. The standard InChI is InChI=1S/C14H10N4/c1-2-4-11(5-3-1)12-8-17-14(18-9-12)13-6-15-10-16-7-13/h1-10H. The molecule has 0 fully saturated rings. The molecule has 0 atom stereocenters. The molecule has 4 nitrogen and oxygen atoms in total. The molecule has 0 aliphatic carbocycles. The second-order valence-electron chi connectivity index (χ2n) is 3.79. The van der Waals surface area contributed by atoms with E-state index in [1.807, 2.05) is 42.7 Å². The Bertz CT molecular complexity index is 562. The zero-order chi connectivity index (χ0) is 12.2. The molecule has 2 aromatic heterocycles. The predicted octanol–water partition coefficient (Wildman–Crippen LogP) is 2.60. The Kier molecular flexibility index (Phi) is 2.75. The molecule has 0 spiro atoms. The number of rotatable bonds is 2. The van der Waals surface area contributed by atoms with Crippen LogP contribution in [0.1, 0.15) is 0 Å². The van der Waals surface area contributed by atoms with Crippen LogP contribution in [0, 0.1) is 0 Å². The fourth-order valence-electron chi connectivity index (χ4n) is 1.67. The number of hydrogen-bond donors (Lipinski definition) is 0. The molecular formula is C14H10N4. The van der Waals surface area contributed by atoms with Crippen molar-refractivity contribution in [3.63, 3.8) is 0 Å². The zero-order valence-corrected chi connectivity index (χ0v) is 9.56. The number of aromatic nitrogens is 4. The highest BCUT2D eigenvalue weighted by Gasteiger charge is 2.02. The van der Waals surface area contributed by atoms with E-state index in [9.17, 15) is 0 Å². The lowest BCUT2D eigenvalue weighted by molar-refractivity contribution is 1.12. The van der Waals surface area contributed by atoms with Gasteiger partial charge in [0.05, 0.1) is 5.56 Å². The van der Waals surface area contributed by atoms with Crippen LogP contribution in [0.15, 0.2) is 61.4 Å². The van der Waals surface area contributed by atoms with Gasteiger partial charge in [0.25, 0.3) is 0 Å². The van der Waals surface area contributed by atoms with Gasteiger partial charge in [0.2, 0.25) is 0 Å². The molecule has 0 N–H and O–H groups in total. The van der Waals surface area contributed by atoms with Crippen LogP contribution in [0.25, 0.3) is 22.5 Å². The van der Waals surface area contributed by atoms with Gasteiger partial charge in [-0.15, -0.1) is 0 Å². The van der Waals surface area contributed by atoms with E-state index in [4.69, 9.17) is 0 Å². The molecule has 0 aliphatic rings. The summed E-state index contributed by atoms with van der Waals surface area (Å²) in [5, 5.41) is 0. The minimum atomic E-state index is 0.635. The molecule has 0 radical (unpaired) electrons. The average molecular weight is 234 g/mol. The topological polar surface area (TPSA) is 51.6 Å². The summed E-state index contributed by atoms with van der Waals surface area (Å²) < 4.78 is 0. The molecule has 2 heterocycles. The highest BCUT2D eigenvalue weighted by atomic mass is 14.9. The lowest BCUT2D eigenvalue weighted by Crippen LogP contribution is -1.91. The van der Waals surface area contributed by atoms with Gasteiger partial charge in [0.15, 0.2) is 5.82 Å². The van der Waals surface area contributed by atoms with Gasteiger partial charge in [-0.25, -0.2) is 19.9 Å². The molecule has 1 aromatic carbocycles. The molecule has 0 amide bonds. The monoisotopic (exact) mass is 234 g/mol. The lowest BCUT2D eigenvalue weighted by Gasteiger charge is -2.02. The van der Waals surface area contributed by atoms with Crippen LogP contribution in [0.5, 0.6) is 0 Å². The molecule has 0 aliphatic heterocycles. The third-order valence-corrected chi connectivity index (χ3v) is 2.58. The first-order valence-corrected chi connectivity index (χ1v) is 5.56. The van der Waals surface area contributed by atoms with Gasteiger partial charge >= 0.3 is 0 Å². The van der Waals surface area contributed by atoms with Gasteiger partial charge in [-0.05, 0) is 5.56 Å². The van der Waals surface area contributed by atoms with Crippen molar-refractivity contribution in [1.82, 2.24) is 19.9 Å². The van der Waals surface area contributed by atoms with E-state index in [1.54, 1.807) is 12.4 Å². The van der Waals surface area contributed by atoms with Crippen molar-refractivity contribution >= 4 is 0 Å². The van der Waals surface area contributed by atoms with Gasteiger partial charge < -0.3 is 0 Å². The predicted molar refractivity (Wildman–Crippen MR) is 68.5 cm³/mol. The summed E-state index contributed by atoms with van der Waals surface area (Å²) in [7, 11) is 0. The Morgan fingerprint density at radius 1 is 0.611 bits per heavy atom. The maximum absolute atomic E-state index is 4.33. The molecular weight excluding hydrogens is 224 g/mol. The van der Waals surface area contributed by atoms with E-state index < -0.39 is 0 Å². The second kappa shape index (κ2) is 4.71. The van der Waals surface area contributed by atoms with E-state index in [0.717, 1.165) is 16.7 Å². The van der Waals surface area contributed by atoms with E-state index in [0.29, 0.717) is 5.82 Å². The minimum absolute atomic E-state index is 0.635. The van der Waals surface area contributed by atoms with Crippen molar-refractivity contribution in [2.75, 3.05) is 0 Å². The number of benzene rings is 1. The summed E-state index contributed by atoms with van der Waals surface area (Å²) in [6.07, 6.45) is 8.51. The fourth-order valence-corrected chi connectivity index (χ4v) is 1.67. The Morgan fingerprint density at radius 2 is 1.28 bits per heavy atom. The summed E-state index contributed by atoms with van der Waals surface area (Å²) >= 11 is 0. The lowest BCUT2D eigenvalue weighted by atomic mass is 10.1. The first-order chi connectivity index (χ1) is 8.93. The smallest absolute Gasteiger partial charge is 0.162 e. The van der Waals surface area contributed by atoms with Crippen molar-refractivity contribution in [2.24, 2.45) is 0 Å². The quantitative estimate of drug-likeness (QED) is 0.684. The van der Waals surface area contributed by atoms with Gasteiger partial charge in [-0.2, -0.15) is 0 Å². The molecule has 3 aromatic rings. The summed E-state index contributed by atoms with van der Waals surface area (Å²) in [5.74, 6) is 0.635. The van der Waals surface area contributed by atoms with Crippen molar-refractivity contribution < 1.29 is 0 Å². The second-order valence-corrected chi connectivity index (χ2v) is 3.79. The highest BCUT2D eigenvalue weighted by Crippen LogP contribution is 2.18. The molecule has 4 heteroatoms. The van der Waals surface area contributed by atoms with Crippen LogP contribution in [0.4, 0.5) is 0 Å². The van der Waals surface area contributed by atoms with Crippen LogP contribution in [-0.4, -0.2) is 19.9 Å².